The van der Waals surface area contributed by atoms with Gasteiger partial charge in [-0.15, -0.1) is 0 Å². The highest BCUT2D eigenvalue weighted by Gasteiger charge is 2.45. The lowest BCUT2D eigenvalue weighted by atomic mass is 9.91. The second kappa shape index (κ2) is 6.33. The second-order valence-corrected chi connectivity index (χ2v) is 7.69. The minimum absolute atomic E-state index is 0.0319. The van der Waals surface area contributed by atoms with Crippen LogP contribution >= 0.6 is 0 Å². The summed E-state index contributed by atoms with van der Waals surface area (Å²) in [4.78, 5) is 20.3. The molecule has 0 saturated carbocycles. The quantitative estimate of drug-likeness (QED) is 0.850. The SMILES string of the molecule is Cc1cc([C@H](C(=O)N2C[C@H](O)C[C@H]2C2=NOC(C)(C)N2)C(C)C)on1. The molecule has 3 rings (SSSR count). The Balaban J connectivity index is 1.85. The predicted molar refractivity (Wildman–Crippen MR) is 90.7 cm³/mol. The molecule has 138 valence electrons. The van der Waals surface area contributed by atoms with Crippen molar-refractivity contribution >= 4 is 11.7 Å². The van der Waals surface area contributed by atoms with Crippen LogP contribution in [0.3, 0.4) is 0 Å². The number of nitrogens with zero attached hydrogens (tertiary/aromatic N) is 3. The molecule has 3 heterocycles. The van der Waals surface area contributed by atoms with Crippen molar-refractivity contribution in [2.24, 2.45) is 11.1 Å². The van der Waals surface area contributed by atoms with Gasteiger partial charge in [-0.2, -0.15) is 0 Å². The van der Waals surface area contributed by atoms with Gasteiger partial charge in [-0.1, -0.05) is 24.2 Å². The maximum absolute atomic E-state index is 13.3. The molecule has 8 nitrogen and oxygen atoms in total. The number of carbonyl (C=O) groups is 1. The van der Waals surface area contributed by atoms with Crippen LogP contribution in [0.2, 0.25) is 0 Å². The summed E-state index contributed by atoms with van der Waals surface area (Å²) in [6, 6.07) is 1.45. The molecule has 1 amide bonds. The van der Waals surface area contributed by atoms with Crippen molar-refractivity contribution in [3.05, 3.63) is 17.5 Å². The first-order chi connectivity index (χ1) is 11.7. The van der Waals surface area contributed by atoms with Crippen LogP contribution in [0.4, 0.5) is 0 Å². The van der Waals surface area contributed by atoms with Crippen LogP contribution in [0.5, 0.6) is 0 Å². The number of aromatic nitrogens is 1. The summed E-state index contributed by atoms with van der Waals surface area (Å²) in [5.74, 6) is 0.609. The number of carbonyl (C=O) groups excluding carboxylic acids is 1. The normalized spacial score (nSPS) is 26.4. The summed E-state index contributed by atoms with van der Waals surface area (Å²) >= 11 is 0. The van der Waals surface area contributed by atoms with Gasteiger partial charge in [-0.3, -0.25) is 4.79 Å². The fourth-order valence-electron chi connectivity index (χ4n) is 3.42. The monoisotopic (exact) mass is 350 g/mol. The molecule has 8 heteroatoms. The number of amides is 1. The Morgan fingerprint density at radius 3 is 2.72 bits per heavy atom. The van der Waals surface area contributed by atoms with E-state index in [0.717, 1.165) is 5.69 Å². The van der Waals surface area contributed by atoms with Crippen molar-refractivity contribution in [3.8, 4) is 0 Å². The van der Waals surface area contributed by atoms with E-state index in [1.54, 1.807) is 11.0 Å². The Hall–Kier alpha value is -2.09. The average Bonchev–Trinajstić information content (AvgIpc) is 3.18. The van der Waals surface area contributed by atoms with Crippen molar-refractivity contribution in [3.63, 3.8) is 0 Å². The van der Waals surface area contributed by atoms with Gasteiger partial charge in [0.15, 0.2) is 5.84 Å². The lowest BCUT2D eigenvalue weighted by Gasteiger charge is -2.29. The summed E-state index contributed by atoms with van der Waals surface area (Å²) in [5.41, 5.74) is 0.125. The summed E-state index contributed by atoms with van der Waals surface area (Å²) in [5, 5.41) is 21.3. The number of oxime groups is 1. The van der Waals surface area contributed by atoms with Gasteiger partial charge in [-0.05, 0) is 26.7 Å². The zero-order valence-corrected chi connectivity index (χ0v) is 15.3. The first kappa shape index (κ1) is 17.7. The zero-order chi connectivity index (χ0) is 18.4. The molecule has 1 aromatic heterocycles. The highest BCUT2D eigenvalue weighted by atomic mass is 16.7. The molecule has 0 spiro atoms. The molecule has 2 aliphatic rings. The number of hydrogen-bond acceptors (Lipinski definition) is 7. The van der Waals surface area contributed by atoms with E-state index >= 15 is 0 Å². The molecule has 3 atom stereocenters. The van der Waals surface area contributed by atoms with Crippen LogP contribution in [0, 0.1) is 12.8 Å². The van der Waals surface area contributed by atoms with E-state index in [2.05, 4.69) is 15.6 Å². The van der Waals surface area contributed by atoms with Crippen molar-refractivity contribution in [2.45, 2.75) is 64.8 Å². The number of likely N-dealkylation sites (tertiary alicyclic amines) is 1. The van der Waals surface area contributed by atoms with Gasteiger partial charge in [0.1, 0.15) is 11.7 Å². The van der Waals surface area contributed by atoms with Gasteiger partial charge in [-0.25, -0.2) is 0 Å². The first-order valence-corrected chi connectivity index (χ1v) is 8.64. The Kier molecular flexibility index (Phi) is 4.49. The minimum atomic E-state index is -0.614. The van der Waals surface area contributed by atoms with Gasteiger partial charge in [0, 0.05) is 19.0 Å². The van der Waals surface area contributed by atoms with Crippen LogP contribution in [-0.4, -0.2) is 51.3 Å². The van der Waals surface area contributed by atoms with Crippen molar-refractivity contribution < 1.29 is 19.3 Å². The Morgan fingerprint density at radius 1 is 1.48 bits per heavy atom. The molecule has 0 bridgehead atoms. The third-order valence-corrected chi connectivity index (χ3v) is 4.56. The van der Waals surface area contributed by atoms with E-state index in [0.29, 0.717) is 18.0 Å². The highest BCUT2D eigenvalue weighted by molar-refractivity contribution is 5.94. The molecular formula is C17H26N4O4. The van der Waals surface area contributed by atoms with Crippen LogP contribution in [0.1, 0.15) is 51.5 Å². The van der Waals surface area contributed by atoms with Crippen LogP contribution in [0.25, 0.3) is 0 Å². The van der Waals surface area contributed by atoms with E-state index in [1.165, 1.54) is 0 Å². The van der Waals surface area contributed by atoms with Gasteiger partial charge in [0.25, 0.3) is 0 Å². The maximum atomic E-state index is 13.3. The van der Waals surface area contributed by atoms with Crippen molar-refractivity contribution in [2.75, 3.05) is 6.54 Å². The van der Waals surface area contributed by atoms with Gasteiger partial charge >= 0.3 is 0 Å². The van der Waals surface area contributed by atoms with Gasteiger partial charge in [0.05, 0.1) is 17.8 Å². The van der Waals surface area contributed by atoms with E-state index < -0.39 is 17.7 Å². The number of β-amino-alcohol motifs (C(OH)–C–C–N with tert-alkyl or cyclic N) is 1. The van der Waals surface area contributed by atoms with E-state index in [1.807, 2.05) is 34.6 Å². The number of nitrogens with one attached hydrogen (secondary N) is 1. The summed E-state index contributed by atoms with van der Waals surface area (Å²) < 4.78 is 5.36. The van der Waals surface area contributed by atoms with E-state index in [9.17, 15) is 9.90 Å². The average molecular weight is 350 g/mol. The fourth-order valence-corrected chi connectivity index (χ4v) is 3.42. The molecule has 0 radical (unpaired) electrons. The summed E-state index contributed by atoms with van der Waals surface area (Å²) in [6.45, 7) is 9.75. The lowest BCUT2D eigenvalue weighted by molar-refractivity contribution is -0.134. The largest absolute Gasteiger partial charge is 0.391 e. The topological polar surface area (TPSA) is 100 Å². The Bertz CT molecular complexity index is 682. The Morgan fingerprint density at radius 2 is 2.20 bits per heavy atom. The van der Waals surface area contributed by atoms with Crippen molar-refractivity contribution in [1.82, 2.24) is 15.4 Å². The number of aliphatic hydroxyl groups excluding tert-OH is 1. The van der Waals surface area contributed by atoms with Gasteiger partial charge < -0.3 is 24.7 Å². The summed E-state index contributed by atoms with van der Waals surface area (Å²) in [6.07, 6.45) is -0.163. The number of aryl methyl sites for hydroxylation is 1. The molecule has 1 fully saturated rings. The number of hydrogen-bond donors (Lipinski definition) is 2. The molecule has 1 saturated heterocycles. The third-order valence-electron chi connectivity index (χ3n) is 4.56. The molecule has 1 aromatic rings. The maximum Gasteiger partial charge on any atom is 0.234 e. The van der Waals surface area contributed by atoms with Crippen molar-refractivity contribution in [1.29, 1.82) is 0 Å². The lowest BCUT2D eigenvalue weighted by Crippen LogP contribution is -2.50. The molecule has 2 N–H and O–H groups in total. The second-order valence-electron chi connectivity index (χ2n) is 7.69. The smallest absolute Gasteiger partial charge is 0.234 e. The summed E-state index contributed by atoms with van der Waals surface area (Å²) in [7, 11) is 0. The van der Waals surface area contributed by atoms with Crippen LogP contribution in [-0.2, 0) is 9.63 Å². The zero-order valence-electron chi connectivity index (χ0n) is 15.3. The predicted octanol–water partition coefficient (Wildman–Crippen LogP) is 1.35. The highest BCUT2D eigenvalue weighted by Crippen LogP contribution is 2.32. The molecule has 2 aliphatic heterocycles. The number of rotatable bonds is 4. The molecule has 0 unspecified atom stereocenters. The minimum Gasteiger partial charge on any atom is -0.391 e. The van der Waals surface area contributed by atoms with Crippen LogP contribution in [0.15, 0.2) is 15.7 Å². The first-order valence-electron chi connectivity index (χ1n) is 8.64. The molecular weight excluding hydrogens is 324 g/mol. The molecule has 0 aliphatic carbocycles. The molecule has 25 heavy (non-hydrogen) atoms. The third kappa shape index (κ3) is 3.49. The Labute approximate surface area is 147 Å². The van der Waals surface area contributed by atoms with E-state index in [4.69, 9.17) is 9.36 Å². The molecule has 0 aromatic carbocycles. The van der Waals surface area contributed by atoms with Crippen LogP contribution < -0.4 is 5.32 Å². The van der Waals surface area contributed by atoms with Gasteiger partial charge in [0.2, 0.25) is 11.6 Å². The number of aliphatic hydroxyl groups is 1. The fraction of sp³-hybridized carbons (Fsp3) is 0.706. The number of amidine groups is 1. The standard InChI is InChI=1S/C17H26N4O4/c1-9(2)14(13-6-10(3)19-24-13)16(23)21-8-11(22)7-12(21)15-18-17(4,5)25-20-15/h6,9,11-12,14,22H,7-8H2,1-5H3,(H,18,20)/t11-,12+,14-/m1/s1. The van der Waals surface area contributed by atoms with E-state index in [-0.39, 0.29) is 24.4 Å².